The van der Waals surface area contributed by atoms with Gasteiger partial charge in [-0.2, -0.15) is 0 Å². The lowest BCUT2D eigenvalue weighted by Gasteiger charge is -2.23. The van der Waals surface area contributed by atoms with E-state index in [0.29, 0.717) is 0 Å². The van der Waals surface area contributed by atoms with Crippen molar-refractivity contribution < 1.29 is 4.79 Å². The molecule has 0 saturated heterocycles. The molecule has 0 atom stereocenters. The molecule has 0 unspecified atom stereocenters. The fourth-order valence-electron chi connectivity index (χ4n) is 2.11. The Hall–Kier alpha value is -1.95. The molecule has 0 bridgehead atoms. The van der Waals surface area contributed by atoms with E-state index < -0.39 is 5.54 Å². The summed E-state index contributed by atoms with van der Waals surface area (Å²) in [6.45, 7) is 4.60. The molecule has 3 heteroatoms. The summed E-state index contributed by atoms with van der Waals surface area (Å²) in [6.07, 6.45) is 7.38. The quantitative estimate of drug-likeness (QED) is 0.780. The number of carbonyl (C=O) groups is 1. The lowest BCUT2D eigenvalue weighted by Crippen LogP contribution is -2.42. The van der Waals surface area contributed by atoms with Gasteiger partial charge in [0.15, 0.2) is 0 Å². The zero-order chi connectivity index (χ0) is 13.2. The summed E-state index contributed by atoms with van der Waals surface area (Å²) >= 11 is 0. The lowest BCUT2D eigenvalue weighted by molar-refractivity contribution is 0.0929. The molecule has 2 N–H and O–H groups in total. The average Bonchev–Trinajstić information content (AvgIpc) is 2.37. The van der Waals surface area contributed by atoms with E-state index in [4.69, 9.17) is 6.42 Å². The molecule has 1 aliphatic rings. The Bertz CT molecular complexity index is 512. The van der Waals surface area contributed by atoms with Crippen LogP contribution in [0.3, 0.4) is 0 Å². The van der Waals surface area contributed by atoms with E-state index in [1.54, 1.807) is 0 Å². The van der Waals surface area contributed by atoms with Gasteiger partial charge in [0.1, 0.15) is 0 Å². The third-order valence-electron chi connectivity index (χ3n) is 3.13. The van der Waals surface area contributed by atoms with Gasteiger partial charge in [-0.15, -0.1) is 6.42 Å². The second kappa shape index (κ2) is 4.73. The van der Waals surface area contributed by atoms with Gasteiger partial charge < -0.3 is 10.6 Å². The number of hydrogen-bond acceptors (Lipinski definition) is 2. The van der Waals surface area contributed by atoms with Crippen molar-refractivity contribution in [3.05, 3.63) is 29.3 Å². The largest absolute Gasteiger partial charge is 0.385 e. The topological polar surface area (TPSA) is 41.1 Å². The van der Waals surface area contributed by atoms with Crippen LogP contribution in [0.1, 0.15) is 36.2 Å². The number of amides is 1. The smallest absolute Gasteiger partial charge is 0.252 e. The van der Waals surface area contributed by atoms with Gasteiger partial charge in [0, 0.05) is 17.8 Å². The van der Waals surface area contributed by atoms with Crippen LogP contribution in [0.4, 0.5) is 5.69 Å². The molecule has 0 spiro atoms. The third-order valence-corrected chi connectivity index (χ3v) is 3.13. The Kier molecular flexibility index (Phi) is 3.29. The van der Waals surface area contributed by atoms with Crippen LogP contribution >= 0.6 is 0 Å². The van der Waals surface area contributed by atoms with Crippen molar-refractivity contribution in [1.29, 1.82) is 0 Å². The highest BCUT2D eigenvalue weighted by atomic mass is 16.1. The normalized spacial score (nSPS) is 14.1. The molecule has 0 saturated carbocycles. The maximum atomic E-state index is 12.3. The van der Waals surface area contributed by atoms with Crippen LogP contribution in [0.15, 0.2) is 18.2 Å². The monoisotopic (exact) mass is 242 g/mol. The number of nitrogens with one attached hydrogen (secondary N) is 2. The van der Waals surface area contributed by atoms with Gasteiger partial charge in [-0.05, 0) is 44.4 Å². The summed E-state index contributed by atoms with van der Waals surface area (Å²) in [5.41, 5.74) is 2.26. The molecule has 1 aromatic carbocycles. The molecule has 1 aliphatic heterocycles. The number of anilines is 1. The SMILES string of the molecule is C#CC(C)(C)NC(=O)c1cccc2c1CCCN2. The van der Waals surface area contributed by atoms with E-state index >= 15 is 0 Å². The molecular formula is C15H18N2O. The number of terminal acetylenes is 1. The van der Waals surface area contributed by atoms with Crippen molar-refractivity contribution in [3.8, 4) is 12.3 Å². The van der Waals surface area contributed by atoms with Gasteiger partial charge in [-0.25, -0.2) is 0 Å². The molecular weight excluding hydrogens is 224 g/mol. The van der Waals surface area contributed by atoms with Crippen molar-refractivity contribution in [2.75, 3.05) is 11.9 Å². The summed E-state index contributed by atoms with van der Waals surface area (Å²) in [6, 6.07) is 5.76. The van der Waals surface area contributed by atoms with Crippen LogP contribution in [0.2, 0.25) is 0 Å². The summed E-state index contributed by atoms with van der Waals surface area (Å²) in [5, 5.41) is 6.18. The molecule has 94 valence electrons. The molecule has 1 amide bonds. The Labute approximate surface area is 108 Å². The molecule has 1 heterocycles. The minimum absolute atomic E-state index is 0.0986. The molecule has 0 aromatic heterocycles. The maximum Gasteiger partial charge on any atom is 0.252 e. The van der Waals surface area contributed by atoms with Crippen LogP contribution in [-0.2, 0) is 6.42 Å². The van der Waals surface area contributed by atoms with Crippen molar-refractivity contribution >= 4 is 11.6 Å². The zero-order valence-corrected chi connectivity index (χ0v) is 10.8. The lowest BCUT2D eigenvalue weighted by atomic mass is 9.96. The van der Waals surface area contributed by atoms with Crippen LogP contribution in [0, 0.1) is 12.3 Å². The Balaban J connectivity index is 2.29. The first-order valence-electron chi connectivity index (χ1n) is 6.19. The predicted molar refractivity (Wildman–Crippen MR) is 73.6 cm³/mol. The van der Waals surface area contributed by atoms with Crippen molar-refractivity contribution in [2.45, 2.75) is 32.2 Å². The van der Waals surface area contributed by atoms with Gasteiger partial charge in [-0.3, -0.25) is 4.79 Å². The highest BCUT2D eigenvalue weighted by molar-refractivity contribution is 5.97. The van der Waals surface area contributed by atoms with E-state index in [0.717, 1.165) is 36.2 Å². The highest BCUT2D eigenvalue weighted by Crippen LogP contribution is 2.25. The molecule has 3 nitrogen and oxygen atoms in total. The zero-order valence-electron chi connectivity index (χ0n) is 10.8. The van der Waals surface area contributed by atoms with E-state index in [1.807, 2.05) is 32.0 Å². The van der Waals surface area contributed by atoms with Crippen molar-refractivity contribution in [1.82, 2.24) is 5.32 Å². The number of fused-ring (bicyclic) bond motifs is 1. The number of hydrogen-bond donors (Lipinski definition) is 2. The van der Waals surface area contributed by atoms with Crippen molar-refractivity contribution in [3.63, 3.8) is 0 Å². The van der Waals surface area contributed by atoms with Gasteiger partial charge in [0.25, 0.3) is 5.91 Å². The third kappa shape index (κ3) is 2.48. The molecule has 0 fully saturated rings. The number of rotatable bonds is 2. The van der Waals surface area contributed by atoms with E-state index in [9.17, 15) is 4.79 Å². The minimum Gasteiger partial charge on any atom is -0.385 e. The summed E-state index contributed by atoms with van der Waals surface area (Å²) < 4.78 is 0. The number of carbonyl (C=O) groups excluding carboxylic acids is 1. The van der Waals surface area contributed by atoms with Gasteiger partial charge in [0.2, 0.25) is 0 Å². The van der Waals surface area contributed by atoms with Gasteiger partial charge >= 0.3 is 0 Å². The minimum atomic E-state index is -0.623. The fourth-order valence-corrected chi connectivity index (χ4v) is 2.11. The van der Waals surface area contributed by atoms with Crippen LogP contribution < -0.4 is 10.6 Å². The summed E-state index contributed by atoms with van der Waals surface area (Å²) in [7, 11) is 0. The summed E-state index contributed by atoms with van der Waals surface area (Å²) in [4.78, 5) is 12.3. The highest BCUT2D eigenvalue weighted by Gasteiger charge is 2.22. The number of benzene rings is 1. The Morgan fingerprint density at radius 1 is 1.50 bits per heavy atom. The van der Waals surface area contributed by atoms with E-state index in [2.05, 4.69) is 16.6 Å². The predicted octanol–water partition coefficient (Wildman–Crippen LogP) is 2.19. The average molecular weight is 242 g/mol. The summed E-state index contributed by atoms with van der Waals surface area (Å²) in [5.74, 6) is 2.48. The first-order chi connectivity index (χ1) is 8.53. The molecule has 1 aromatic rings. The van der Waals surface area contributed by atoms with E-state index in [-0.39, 0.29) is 5.91 Å². The van der Waals surface area contributed by atoms with Crippen LogP contribution in [-0.4, -0.2) is 18.0 Å². The first-order valence-corrected chi connectivity index (χ1v) is 6.19. The van der Waals surface area contributed by atoms with E-state index in [1.165, 1.54) is 0 Å². The van der Waals surface area contributed by atoms with Crippen molar-refractivity contribution in [2.24, 2.45) is 0 Å². The second-order valence-corrected chi connectivity index (χ2v) is 5.09. The standard InChI is InChI=1S/C15H18N2O/c1-4-15(2,3)17-14(18)12-7-5-9-13-11(12)8-6-10-16-13/h1,5,7,9,16H,6,8,10H2,2-3H3,(H,17,18). The van der Waals surface area contributed by atoms with Gasteiger partial charge in [0.05, 0.1) is 5.54 Å². The van der Waals surface area contributed by atoms with Crippen LogP contribution in [0.5, 0.6) is 0 Å². The maximum absolute atomic E-state index is 12.3. The molecule has 0 radical (unpaired) electrons. The molecule has 18 heavy (non-hydrogen) atoms. The first kappa shape index (κ1) is 12.5. The Morgan fingerprint density at radius 3 is 3.00 bits per heavy atom. The molecule has 0 aliphatic carbocycles. The van der Waals surface area contributed by atoms with Gasteiger partial charge in [-0.1, -0.05) is 12.0 Å². The van der Waals surface area contributed by atoms with Crippen LogP contribution in [0.25, 0.3) is 0 Å². The fraction of sp³-hybridized carbons (Fsp3) is 0.400. The molecule has 2 rings (SSSR count). The Morgan fingerprint density at radius 2 is 2.28 bits per heavy atom. The second-order valence-electron chi connectivity index (χ2n) is 5.09.